The first kappa shape index (κ1) is 10.2. The number of carbonyl (C=O) groups excluding carboxylic acids is 1. The predicted octanol–water partition coefficient (Wildman–Crippen LogP) is 1.66. The largest absolute Gasteiger partial charge is 0.464 e. The van der Waals surface area contributed by atoms with Gasteiger partial charge in [0, 0.05) is 0 Å². The molecule has 0 fully saturated rings. The fourth-order valence-electron chi connectivity index (χ4n) is 1.34. The lowest BCUT2D eigenvalue weighted by atomic mass is 10.3. The molecule has 6 heteroatoms. The Bertz CT molecular complexity index is 413. The Morgan fingerprint density at radius 1 is 1.80 bits per heavy atom. The van der Waals surface area contributed by atoms with Gasteiger partial charge in [-0.05, 0) is 28.9 Å². The SMILES string of the molecule is CCOC(=O)[C@@H]1C=COc2ncc(Br)n21. The molecule has 1 aliphatic heterocycles. The van der Waals surface area contributed by atoms with Gasteiger partial charge in [-0.1, -0.05) is 0 Å². The summed E-state index contributed by atoms with van der Waals surface area (Å²) in [6.45, 7) is 2.12. The van der Waals surface area contributed by atoms with E-state index in [0.717, 1.165) is 0 Å². The van der Waals surface area contributed by atoms with Crippen LogP contribution in [-0.4, -0.2) is 22.1 Å². The molecule has 0 amide bonds. The van der Waals surface area contributed by atoms with Crippen LogP contribution in [-0.2, 0) is 9.53 Å². The fraction of sp³-hybridized carbons (Fsp3) is 0.333. The second-order valence-corrected chi connectivity index (χ2v) is 3.69. The maximum Gasteiger partial charge on any atom is 0.333 e. The van der Waals surface area contributed by atoms with E-state index in [1.807, 2.05) is 0 Å². The highest BCUT2D eigenvalue weighted by molar-refractivity contribution is 9.10. The van der Waals surface area contributed by atoms with Gasteiger partial charge >= 0.3 is 12.0 Å². The van der Waals surface area contributed by atoms with Crippen LogP contribution in [0.5, 0.6) is 6.01 Å². The van der Waals surface area contributed by atoms with E-state index in [0.29, 0.717) is 17.2 Å². The van der Waals surface area contributed by atoms with Gasteiger partial charge in [-0.25, -0.2) is 9.78 Å². The first-order valence-corrected chi connectivity index (χ1v) is 5.26. The van der Waals surface area contributed by atoms with E-state index < -0.39 is 6.04 Å². The highest BCUT2D eigenvalue weighted by Crippen LogP contribution is 2.29. The first-order valence-electron chi connectivity index (χ1n) is 4.46. The average molecular weight is 273 g/mol. The van der Waals surface area contributed by atoms with Crippen molar-refractivity contribution in [3.05, 3.63) is 23.1 Å². The van der Waals surface area contributed by atoms with Gasteiger partial charge in [-0.3, -0.25) is 4.57 Å². The molecule has 0 saturated carbocycles. The summed E-state index contributed by atoms with van der Waals surface area (Å²) in [6, 6.07) is -0.131. The van der Waals surface area contributed by atoms with Crippen LogP contribution < -0.4 is 4.74 Å². The number of ether oxygens (including phenoxy) is 2. The number of hydrogen-bond acceptors (Lipinski definition) is 4. The van der Waals surface area contributed by atoms with Crippen LogP contribution in [0.25, 0.3) is 0 Å². The summed E-state index contributed by atoms with van der Waals surface area (Å²) in [4.78, 5) is 15.6. The minimum absolute atomic E-state index is 0.322. The molecule has 0 unspecified atom stereocenters. The Balaban J connectivity index is 2.33. The van der Waals surface area contributed by atoms with Gasteiger partial charge in [0.1, 0.15) is 4.60 Å². The van der Waals surface area contributed by atoms with Crippen LogP contribution >= 0.6 is 15.9 Å². The molecular formula is C9H9BrN2O3. The molecule has 1 atom stereocenters. The van der Waals surface area contributed by atoms with E-state index in [9.17, 15) is 4.79 Å². The van der Waals surface area contributed by atoms with Gasteiger partial charge in [0.25, 0.3) is 0 Å². The van der Waals surface area contributed by atoms with Crippen LogP contribution in [0.4, 0.5) is 0 Å². The minimum Gasteiger partial charge on any atom is -0.464 e. The number of esters is 1. The molecule has 0 saturated heterocycles. The molecule has 0 radical (unpaired) electrons. The lowest BCUT2D eigenvalue weighted by Gasteiger charge is -2.19. The fourth-order valence-corrected chi connectivity index (χ4v) is 1.81. The van der Waals surface area contributed by atoms with Gasteiger partial charge in [0.2, 0.25) is 0 Å². The highest BCUT2D eigenvalue weighted by Gasteiger charge is 2.27. The minimum atomic E-state index is -0.509. The van der Waals surface area contributed by atoms with Crippen LogP contribution in [0.1, 0.15) is 13.0 Å². The summed E-state index contributed by atoms with van der Waals surface area (Å²) >= 11 is 3.29. The zero-order valence-electron chi connectivity index (χ0n) is 8.01. The summed E-state index contributed by atoms with van der Waals surface area (Å²) < 4.78 is 12.4. The molecule has 0 bridgehead atoms. The van der Waals surface area contributed by atoms with Crippen molar-refractivity contribution in [1.82, 2.24) is 9.55 Å². The number of aromatic nitrogens is 2. The van der Waals surface area contributed by atoms with Crippen molar-refractivity contribution < 1.29 is 14.3 Å². The van der Waals surface area contributed by atoms with Crippen LogP contribution in [0.3, 0.4) is 0 Å². The second-order valence-electron chi connectivity index (χ2n) is 2.88. The van der Waals surface area contributed by atoms with Gasteiger partial charge in [0.05, 0.1) is 19.1 Å². The Morgan fingerprint density at radius 3 is 3.33 bits per heavy atom. The zero-order chi connectivity index (χ0) is 10.8. The van der Waals surface area contributed by atoms with Crippen molar-refractivity contribution in [1.29, 1.82) is 0 Å². The summed E-state index contributed by atoms with van der Waals surface area (Å²) in [5, 5.41) is 0. The lowest BCUT2D eigenvalue weighted by molar-refractivity contribution is -0.145. The maximum absolute atomic E-state index is 11.6. The van der Waals surface area contributed by atoms with Gasteiger partial charge in [-0.15, -0.1) is 0 Å². The van der Waals surface area contributed by atoms with E-state index >= 15 is 0 Å². The Kier molecular flexibility index (Phi) is 2.77. The van der Waals surface area contributed by atoms with Crippen molar-refractivity contribution in [3.63, 3.8) is 0 Å². The highest BCUT2D eigenvalue weighted by atomic mass is 79.9. The van der Waals surface area contributed by atoms with Crippen molar-refractivity contribution in [2.75, 3.05) is 6.61 Å². The topological polar surface area (TPSA) is 53.4 Å². The molecule has 0 aliphatic carbocycles. The quantitative estimate of drug-likeness (QED) is 0.769. The monoisotopic (exact) mass is 272 g/mol. The molecule has 1 aromatic rings. The van der Waals surface area contributed by atoms with Crippen molar-refractivity contribution in [2.24, 2.45) is 0 Å². The van der Waals surface area contributed by atoms with E-state index in [4.69, 9.17) is 9.47 Å². The number of carbonyl (C=O) groups is 1. The van der Waals surface area contributed by atoms with Gasteiger partial charge in [-0.2, -0.15) is 0 Å². The summed E-state index contributed by atoms with van der Waals surface area (Å²) in [5.41, 5.74) is 0. The molecule has 2 heterocycles. The lowest BCUT2D eigenvalue weighted by Crippen LogP contribution is -2.23. The van der Waals surface area contributed by atoms with Crippen LogP contribution in [0, 0.1) is 0 Å². The Labute approximate surface area is 94.8 Å². The summed E-state index contributed by atoms with van der Waals surface area (Å²) in [7, 11) is 0. The van der Waals surface area contributed by atoms with E-state index in [-0.39, 0.29) is 5.97 Å². The molecular weight excluding hydrogens is 264 g/mol. The molecule has 15 heavy (non-hydrogen) atoms. The number of nitrogens with zero attached hydrogens (tertiary/aromatic N) is 2. The molecule has 5 nitrogen and oxygen atoms in total. The van der Waals surface area contributed by atoms with Gasteiger partial charge in [0.15, 0.2) is 6.04 Å². The maximum atomic E-state index is 11.6. The predicted molar refractivity (Wildman–Crippen MR) is 55.4 cm³/mol. The number of hydrogen-bond donors (Lipinski definition) is 0. The Hall–Kier alpha value is -1.30. The van der Waals surface area contributed by atoms with Crippen molar-refractivity contribution in [3.8, 4) is 6.01 Å². The van der Waals surface area contributed by atoms with Crippen molar-refractivity contribution in [2.45, 2.75) is 13.0 Å². The molecule has 0 N–H and O–H groups in total. The van der Waals surface area contributed by atoms with E-state index in [1.54, 1.807) is 23.8 Å². The molecule has 80 valence electrons. The standard InChI is InChI=1S/C9H9BrN2O3/c1-2-14-8(13)6-3-4-15-9-11-5-7(10)12(6)9/h3-6H,2H2,1H3/t6-/m0/s1. The third-order valence-corrected chi connectivity index (χ3v) is 2.55. The number of fused-ring (bicyclic) bond motifs is 1. The van der Waals surface area contributed by atoms with Crippen molar-refractivity contribution >= 4 is 21.9 Å². The summed E-state index contributed by atoms with van der Waals surface area (Å²) in [5.74, 6) is -0.322. The molecule has 1 aliphatic rings. The number of halogens is 1. The molecule has 0 spiro atoms. The smallest absolute Gasteiger partial charge is 0.333 e. The zero-order valence-corrected chi connectivity index (χ0v) is 9.60. The normalized spacial score (nSPS) is 18.1. The third-order valence-electron chi connectivity index (χ3n) is 1.96. The molecule has 1 aromatic heterocycles. The summed E-state index contributed by atoms with van der Waals surface area (Å²) in [6.07, 6.45) is 4.64. The second kappa shape index (κ2) is 4.06. The van der Waals surface area contributed by atoms with Crippen LogP contribution in [0.2, 0.25) is 0 Å². The van der Waals surface area contributed by atoms with Gasteiger partial charge < -0.3 is 9.47 Å². The van der Waals surface area contributed by atoms with E-state index in [2.05, 4.69) is 20.9 Å². The molecule has 0 aromatic carbocycles. The third kappa shape index (κ3) is 1.77. The Morgan fingerprint density at radius 2 is 2.60 bits per heavy atom. The van der Waals surface area contributed by atoms with E-state index in [1.165, 1.54) is 6.26 Å². The number of imidazole rings is 1. The first-order chi connectivity index (χ1) is 7.24. The number of rotatable bonds is 2. The van der Waals surface area contributed by atoms with Crippen LogP contribution in [0.15, 0.2) is 23.1 Å². The average Bonchev–Trinajstić information content (AvgIpc) is 2.61. The molecule has 2 rings (SSSR count).